The third kappa shape index (κ3) is 8.57. The highest BCUT2D eigenvalue weighted by Gasteiger charge is 2.25. The second-order valence-corrected chi connectivity index (χ2v) is 4.89. The molecule has 2 N–H and O–H groups in total. The van der Waals surface area contributed by atoms with Crippen molar-refractivity contribution in [3.63, 3.8) is 0 Å². The molecule has 0 amide bonds. The average Bonchev–Trinajstić information content (AvgIpc) is 2.44. The Hall–Kier alpha value is -1.27. The van der Waals surface area contributed by atoms with E-state index in [0.717, 1.165) is 6.42 Å². The van der Waals surface area contributed by atoms with Crippen molar-refractivity contribution in [2.24, 2.45) is 0 Å². The van der Waals surface area contributed by atoms with Gasteiger partial charge in [-0.2, -0.15) is 13.2 Å². The van der Waals surface area contributed by atoms with Crippen LogP contribution in [0, 0.1) is 0 Å². The van der Waals surface area contributed by atoms with Crippen LogP contribution in [0.2, 0.25) is 0 Å². The van der Waals surface area contributed by atoms with E-state index in [-0.39, 0.29) is 26.1 Å². The molecule has 21 heavy (non-hydrogen) atoms. The molecule has 0 radical (unpaired) electrons. The molecule has 6 heteroatoms. The quantitative estimate of drug-likeness (QED) is 0.689. The van der Waals surface area contributed by atoms with E-state index in [9.17, 15) is 18.3 Å². The first-order valence-electron chi connectivity index (χ1n) is 7.08. The average molecular weight is 305 g/mol. The Labute approximate surface area is 123 Å². The second kappa shape index (κ2) is 8.89. The zero-order chi connectivity index (χ0) is 15.7. The lowest BCUT2D eigenvalue weighted by Crippen LogP contribution is -2.32. The van der Waals surface area contributed by atoms with Crippen molar-refractivity contribution in [3.05, 3.63) is 29.8 Å². The molecule has 1 atom stereocenters. The molecule has 0 saturated carbocycles. The number of halogens is 3. The standard InChI is InChI=1S/C15H22F3NO2/c1-2-12-4-6-14(7-5-12)21-11-13(20)10-19-9-3-8-15(16,17)18/h4-7,13,19-20H,2-3,8-11H2,1H3. The van der Waals surface area contributed by atoms with E-state index >= 15 is 0 Å². The van der Waals surface area contributed by atoms with Gasteiger partial charge in [0.05, 0.1) is 0 Å². The fraction of sp³-hybridized carbons (Fsp3) is 0.600. The van der Waals surface area contributed by atoms with Crippen LogP contribution in [0.1, 0.15) is 25.3 Å². The Morgan fingerprint density at radius 1 is 1.24 bits per heavy atom. The van der Waals surface area contributed by atoms with Gasteiger partial charge in [-0.25, -0.2) is 0 Å². The lowest BCUT2D eigenvalue weighted by atomic mass is 10.2. The van der Waals surface area contributed by atoms with Gasteiger partial charge in [0.25, 0.3) is 0 Å². The van der Waals surface area contributed by atoms with Crippen molar-refractivity contribution in [2.75, 3.05) is 19.7 Å². The lowest BCUT2D eigenvalue weighted by molar-refractivity contribution is -0.135. The van der Waals surface area contributed by atoms with Crippen LogP contribution in [0.25, 0.3) is 0 Å². The lowest BCUT2D eigenvalue weighted by Gasteiger charge is -2.14. The molecule has 0 bridgehead atoms. The van der Waals surface area contributed by atoms with Gasteiger partial charge in [-0.05, 0) is 37.1 Å². The van der Waals surface area contributed by atoms with Crippen LogP contribution >= 0.6 is 0 Å². The van der Waals surface area contributed by atoms with Crippen molar-refractivity contribution in [2.45, 2.75) is 38.5 Å². The number of aliphatic hydroxyl groups excluding tert-OH is 1. The molecular weight excluding hydrogens is 283 g/mol. The summed E-state index contributed by atoms with van der Waals surface area (Å²) in [7, 11) is 0. The van der Waals surface area contributed by atoms with E-state index in [1.54, 1.807) is 0 Å². The minimum Gasteiger partial charge on any atom is -0.491 e. The zero-order valence-electron chi connectivity index (χ0n) is 12.1. The molecule has 0 fully saturated rings. The first kappa shape index (κ1) is 17.8. The normalized spacial score (nSPS) is 13.2. The number of hydrogen-bond acceptors (Lipinski definition) is 3. The van der Waals surface area contributed by atoms with Gasteiger partial charge < -0.3 is 15.2 Å². The summed E-state index contributed by atoms with van der Waals surface area (Å²) in [6, 6.07) is 7.58. The number of aryl methyl sites for hydroxylation is 1. The Kier molecular flexibility index (Phi) is 7.53. The molecule has 1 unspecified atom stereocenters. The molecule has 0 aliphatic carbocycles. The smallest absolute Gasteiger partial charge is 0.389 e. The van der Waals surface area contributed by atoms with E-state index in [0.29, 0.717) is 5.75 Å². The summed E-state index contributed by atoms with van der Waals surface area (Å²) in [5, 5.41) is 12.4. The van der Waals surface area contributed by atoms with E-state index in [1.807, 2.05) is 24.3 Å². The van der Waals surface area contributed by atoms with Gasteiger partial charge in [-0.15, -0.1) is 0 Å². The van der Waals surface area contributed by atoms with Crippen LogP contribution < -0.4 is 10.1 Å². The van der Waals surface area contributed by atoms with Crippen LogP contribution in [0.3, 0.4) is 0 Å². The molecule has 1 aromatic rings. The maximum Gasteiger partial charge on any atom is 0.389 e. The summed E-state index contributed by atoms with van der Waals surface area (Å²) < 4.78 is 41.1. The summed E-state index contributed by atoms with van der Waals surface area (Å²) in [6.45, 7) is 2.61. The Balaban J connectivity index is 2.11. The summed E-state index contributed by atoms with van der Waals surface area (Å²) in [5.41, 5.74) is 1.20. The summed E-state index contributed by atoms with van der Waals surface area (Å²) in [6.07, 6.45) is -4.72. The van der Waals surface area contributed by atoms with Gasteiger partial charge in [0, 0.05) is 13.0 Å². The highest BCUT2D eigenvalue weighted by Crippen LogP contribution is 2.20. The molecule has 1 aromatic carbocycles. The number of ether oxygens (including phenoxy) is 1. The van der Waals surface area contributed by atoms with Crippen molar-refractivity contribution < 1.29 is 23.0 Å². The van der Waals surface area contributed by atoms with Crippen LogP contribution in [0.5, 0.6) is 5.75 Å². The zero-order valence-corrected chi connectivity index (χ0v) is 12.1. The van der Waals surface area contributed by atoms with Crippen molar-refractivity contribution in [1.82, 2.24) is 5.32 Å². The monoisotopic (exact) mass is 305 g/mol. The van der Waals surface area contributed by atoms with Crippen LogP contribution in [-0.2, 0) is 6.42 Å². The minimum atomic E-state index is -4.12. The molecule has 1 rings (SSSR count). The third-order valence-electron chi connectivity index (χ3n) is 2.97. The summed E-state index contributed by atoms with van der Waals surface area (Å²) >= 11 is 0. The molecular formula is C15H22F3NO2. The highest BCUT2D eigenvalue weighted by molar-refractivity contribution is 5.27. The van der Waals surface area contributed by atoms with Gasteiger partial charge in [-0.1, -0.05) is 19.1 Å². The molecule has 0 aliphatic rings. The predicted octanol–water partition coefficient (Wildman–Crippen LogP) is 2.92. The number of alkyl halides is 3. The first-order valence-corrected chi connectivity index (χ1v) is 7.08. The number of benzene rings is 1. The Morgan fingerprint density at radius 3 is 2.48 bits per heavy atom. The number of aliphatic hydroxyl groups is 1. The maximum atomic E-state index is 11.9. The van der Waals surface area contributed by atoms with E-state index in [2.05, 4.69) is 12.2 Å². The van der Waals surface area contributed by atoms with E-state index < -0.39 is 18.7 Å². The largest absolute Gasteiger partial charge is 0.491 e. The number of hydrogen-bond donors (Lipinski definition) is 2. The van der Waals surface area contributed by atoms with Gasteiger partial charge in [0.1, 0.15) is 18.5 Å². The molecule has 0 heterocycles. The molecule has 120 valence electrons. The van der Waals surface area contributed by atoms with Crippen molar-refractivity contribution in [1.29, 1.82) is 0 Å². The Bertz CT molecular complexity index is 393. The Morgan fingerprint density at radius 2 is 1.90 bits per heavy atom. The minimum absolute atomic E-state index is 0.00948. The topological polar surface area (TPSA) is 41.5 Å². The van der Waals surface area contributed by atoms with Crippen LogP contribution in [0.4, 0.5) is 13.2 Å². The third-order valence-corrected chi connectivity index (χ3v) is 2.97. The molecule has 0 spiro atoms. The van der Waals surface area contributed by atoms with E-state index in [4.69, 9.17) is 4.74 Å². The molecule has 0 saturated heterocycles. The van der Waals surface area contributed by atoms with Crippen molar-refractivity contribution >= 4 is 0 Å². The van der Waals surface area contributed by atoms with Crippen molar-refractivity contribution in [3.8, 4) is 5.75 Å². The summed E-state index contributed by atoms with van der Waals surface area (Å²) in [5.74, 6) is 0.670. The van der Waals surface area contributed by atoms with Gasteiger partial charge in [0.15, 0.2) is 0 Å². The predicted molar refractivity (Wildman–Crippen MR) is 75.5 cm³/mol. The second-order valence-electron chi connectivity index (χ2n) is 4.89. The fourth-order valence-corrected chi connectivity index (χ4v) is 1.76. The summed E-state index contributed by atoms with van der Waals surface area (Å²) in [4.78, 5) is 0. The van der Waals surface area contributed by atoms with Crippen LogP contribution in [-0.4, -0.2) is 37.1 Å². The molecule has 3 nitrogen and oxygen atoms in total. The van der Waals surface area contributed by atoms with Gasteiger partial charge in [0.2, 0.25) is 0 Å². The van der Waals surface area contributed by atoms with Crippen LogP contribution in [0.15, 0.2) is 24.3 Å². The first-order chi connectivity index (χ1) is 9.90. The fourth-order valence-electron chi connectivity index (χ4n) is 1.76. The van der Waals surface area contributed by atoms with E-state index in [1.165, 1.54) is 5.56 Å². The number of nitrogens with one attached hydrogen (secondary N) is 1. The molecule has 0 aliphatic heterocycles. The number of rotatable bonds is 9. The highest BCUT2D eigenvalue weighted by atomic mass is 19.4. The van der Waals surface area contributed by atoms with Gasteiger partial charge >= 0.3 is 6.18 Å². The maximum absolute atomic E-state index is 11.9. The SMILES string of the molecule is CCc1ccc(OCC(O)CNCCCC(F)(F)F)cc1. The van der Waals surface area contributed by atoms with Gasteiger partial charge in [-0.3, -0.25) is 0 Å². The molecule has 0 aromatic heterocycles.